The van der Waals surface area contributed by atoms with E-state index in [-0.39, 0.29) is 11.0 Å². The lowest BCUT2D eigenvalue weighted by atomic mass is 10.1. The number of thiocarbonyl (C=S) groups is 1. The van der Waals surface area contributed by atoms with E-state index in [1.165, 1.54) is 17.8 Å². The highest BCUT2D eigenvalue weighted by Gasteiger charge is 2.11. The number of benzene rings is 1. The second kappa shape index (κ2) is 9.92. The Labute approximate surface area is 188 Å². The number of aryl methyl sites for hydroxylation is 2. The molecule has 0 fully saturated rings. The zero-order valence-electron chi connectivity index (χ0n) is 16.6. The Bertz CT molecular complexity index is 1110. The number of hydrogen-bond acceptors (Lipinski definition) is 6. The molecule has 0 atom stereocenters. The van der Waals surface area contributed by atoms with Gasteiger partial charge in [-0.25, -0.2) is 4.68 Å². The van der Waals surface area contributed by atoms with Crippen LogP contribution in [-0.2, 0) is 4.79 Å². The molecular weight excluding hydrogens is 442 g/mol. The van der Waals surface area contributed by atoms with E-state index < -0.39 is 0 Å². The summed E-state index contributed by atoms with van der Waals surface area (Å²) in [5.74, 6) is 2.28. The molecule has 0 aliphatic heterocycles. The van der Waals surface area contributed by atoms with Gasteiger partial charge in [-0.2, -0.15) is 0 Å². The van der Waals surface area contributed by atoms with Crippen molar-refractivity contribution in [1.82, 2.24) is 20.2 Å². The van der Waals surface area contributed by atoms with Gasteiger partial charge in [-0.3, -0.25) is 15.5 Å². The average molecular weight is 462 g/mol. The molecule has 0 aliphatic rings. The molecule has 30 heavy (non-hydrogen) atoms. The smallest absolute Gasteiger partial charge is 0.250 e. The molecule has 1 aromatic carbocycles. The summed E-state index contributed by atoms with van der Waals surface area (Å²) in [5, 5.41) is 12.1. The molecule has 0 saturated carbocycles. The lowest BCUT2D eigenvalue weighted by Crippen LogP contribution is -2.37. The van der Waals surface area contributed by atoms with Crippen molar-refractivity contribution < 1.29 is 9.21 Å². The van der Waals surface area contributed by atoms with Gasteiger partial charge in [0.1, 0.15) is 17.3 Å². The number of rotatable bonds is 6. The van der Waals surface area contributed by atoms with Crippen molar-refractivity contribution in [2.75, 3.05) is 11.2 Å². The molecule has 7 nitrogen and oxygen atoms in total. The van der Waals surface area contributed by atoms with Crippen LogP contribution >= 0.6 is 35.6 Å². The molecule has 3 aromatic rings. The summed E-state index contributed by atoms with van der Waals surface area (Å²) >= 11 is 12.9. The third-order valence-corrected chi connectivity index (χ3v) is 5.41. The van der Waals surface area contributed by atoms with Crippen LogP contribution in [0, 0.1) is 13.8 Å². The van der Waals surface area contributed by atoms with Crippen LogP contribution in [0.15, 0.2) is 46.0 Å². The van der Waals surface area contributed by atoms with Gasteiger partial charge in [0.15, 0.2) is 5.11 Å². The summed E-state index contributed by atoms with van der Waals surface area (Å²) < 4.78 is 7.40. The van der Waals surface area contributed by atoms with Crippen LogP contribution in [0.3, 0.4) is 0 Å². The molecule has 0 aliphatic carbocycles. The maximum Gasteiger partial charge on any atom is 0.250 e. The van der Waals surface area contributed by atoms with Crippen LogP contribution in [0.25, 0.3) is 17.4 Å². The number of amides is 1. The second-order valence-electron chi connectivity index (χ2n) is 6.23. The maximum absolute atomic E-state index is 12.2. The number of carbonyl (C=O) groups excluding carboxylic acids is 1. The van der Waals surface area contributed by atoms with Crippen molar-refractivity contribution in [3.05, 3.63) is 58.6 Å². The number of aromatic nitrogens is 3. The van der Waals surface area contributed by atoms with E-state index in [1.54, 1.807) is 23.7 Å². The minimum atomic E-state index is -0.390. The van der Waals surface area contributed by atoms with Gasteiger partial charge >= 0.3 is 0 Å². The van der Waals surface area contributed by atoms with Crippen LogP contribution in [0.4, 0.5) is 0 Å². The molecule has 10 heteroatoms. The Morgan fingerprint density at radius 2 is 2.10 bits per heavy atom. The third kappa shape index (κ3) is 5.50. The van der Waals surface area contributed by atoms with E-state index in [0.717, 1.165) is 16.9 Å². The lowest BCUT2D eigenvalue weighted by molar-refractivity contribution is -0.115. The van der Waals surface area contributed by atoms with Crippen molar-refractivity contribution in [3.8, 4) is 11.3 Å². The first-order valence-electron chi connectivity index (χ1n) is 9.08. The Morgan fingerprint density at radius 1 is 1.30 bits per heavy atom. The van der Waals surface area contributed by atoms with Gasteiger partial charge < -0.3 is 4.42 Å². The predicted octanol–water partition coefficient (Wildman–Crippen LogP) is 4.58. The quantitative estimate of drug-likeness (QED) is 0.315. The number of nitrogens with one attached hydrogen (secondary N) is 2. The Hall–Kier alpha value is -2.62. The van der Waals surface area contributed by atoms with E-state index in [0.29, 0.717) is 27.5 Å². The van der Waals surface area contributed by atoms with Crippen molar-refractivity contribution >= 4 is 52.7 Å². The van der Waals surface area contributed by atoms with Gasteiger partial charge in [-0.05, 0) is 61.7 Å². The molecule has 3 rings (SSSR count). The lowest BCUT2D eigenvalue weighted by Gasteiger charge is -2.11. The van der Waals surface area contributed by atoms with Gasteiger partial charge in [-0.1, -0.05) is 42.4 Å². The van der Waals surface area contributed by atoms with Crippen molar-refractivity contribution in [3.63, 3.8) is 0 Å². The fourth-order valence-electron chi connectivity index (χ4n) is 2.48. The first-order chi connectivity index (χ1) is 14.4. The summed E-state index contributed by atoms with van der Waals surface area (Å²) in [5.41, 5.74) is 4.77. The second-order valence-corrected chi connectivity index (χ2v) is 8.27. The van der Waals surface area contributed by atoms with Crippen molar-refractivity contribution in [1.29, 1.82) is 0 Å². The van der Waals surface area contributed by atoms with E-state index in [4.69, 9.17) is 28.2 Å². The SMILES string of the molecule is CCSc1nnc(C)n1NC(=S)NC(=O)/C=C/c1ccc(-c2ccc(C)c(Cl)c2)o1. The fraction of sp³-hybridized carbons (Fsp3) is 0.200. The molecule has 0 spiro atoms. The van der Waals surface area contributed by atoms with Gasteiger partial charge in [0.2, 0.25) is 11.1 Å². The average Bonchev–Trinajstić information content (AvgIpc) is 3.31. The van der Waals surface area contributed by atoms with Gasteiger partial charge in [-0.15, -0.1) is 10.2 Å². The summed E-state index contributed by atoms with van der Waals surface area (Å²) in [6, 6.07) is 9.31. The molecular formula is C20H20ClN5O2S2. The minimum absolute atomic E-state index is 0.139. The molecule has 2 heterocycles. The summed E-state index contributed by atoms with van der Waals surface area (Å²) in [6.07, 6.45) is 2.92. The summed E-state index contributed by atoms with van der Waals surface area (Å²) in [6.45, 7) is 5.74. The zero-order valence-corrected chi connectivity index (χ0v) is 19.0. The number of thioether (sulfide) groups is 1. The van der Waals surface area contributed by atoms with E-state index in [1.807, 2.05) is 38.1 Å². The molecule has 0 bridgehead atoms. The molecule has 0 radical (unpaired) electrons. The maximum atomic E-state index is 12.2. The molecule has 0 saturated heterocycles. The Balaban J connectivity index is 1.60. The van der Waals surface area contributed by atoms with Crippen LogP contribution in [0.1, 0.15) is 24.1 Å². The topological polar surface area (TPSA) is 85.0 Å². The first-order valence-corrected chi connectivity index (χ1v) is 10.9. The highest BCUT2D eigenvalue weighted by Crippen LogP contribution is 2.27. The predicted molar refractivity (Wildman–Crippen MR) is 124 cm³/mol. The Morgan fingerprint density at radius 3 is 2.83 bits per heavy atom. The molecule has 0 unspecified atom stereocenters. The van der Waals surface area contributed by atoms with Crippen LogP contribution in [0.2, 0.25) is 5.02 Å². The van der Waals surface area contributed by atoms with Crippen LogP contribution in [0.5, 0.6) is 0 Å². The van der Waals surface area contributed by atoms with Crippen molar-refractivity contribution in [2.45, 2.75) is 25.9 Å². The normalized spacial score (nSPS) is 11.1. The standard InChI is InChI=1S/C20H20ClN5O2S2/c1-4-30-20-24-23-13(3)26(20)25-19(29)22-18(27)10-8-15-7-9-17(28-15)14-6-5-12(2)16(21)11-14/h5-11H,4H2,1-3H3,(H2,22,25,27,29)/b10-8+. The monoisotopic (exact) mass is 461 g/mol. The highest BCUT2D eigenvalue weighted by molar-refractivity contribution is 7.99. The van der Waals surface area contributed by atoms with E-state index in [9.17, 15) is 4.79 Å². The van der Waals surface area contributed by atoms with Gasteiger partial charge in [0, 0.05) is 16.7 Å². The summed E-state index contributed by atoms with van der Waals surface area (Å²) in [7, 11) is 0. The number of hydrogen-bond donors (Lipinski definition) is 2. The van der Waals surface area contributed by atoms with Gasteiger partial charge in [0.25, 0.3) is 0 Å². The van der Waals surface area contributed by atoms with Crippen LogP contribution < -0.4 is 10.7 Å². The number of nitrogens with zero attached hydrogens (tertiary/aromatic N) is 3. The molecule has 1 amide bonds. The number of furan rings is 1. The number of carbonyl (C=O) groups is 1. The van der Waals surface area contributed by atoms with Crippen molar-refractivity contribution in [2.24, 2.45) is 0 Å². The van der Waals surface area contributed by atoms with E-state index >= 15 is 0 Å². The fourth-order valence-corrected chi connectivity index (χ4v) is 3.51. The molecule has 2 aromatic heterocycles. The first kappa shape index (κ1) is 22.1. The zero-order chi connectivity index (χ0) is 21.7. The minimum Gasteiger partial charge on any atom is -0.457 e. The largest absolute Gasteiger partial charge is 0.457 e. The number of halogens is 1. The molecule has 2 N–H and O–H groups in total. The third-order valence-electron chi connectivity index (χ3n) is 4.00. The molecule has 156 valence electrons. The van der Waals surface area contributed by atoms with E-state index in [2.05, 4.69) is 20.9 Å². The van der Waals surface area contributed by atoms with Crippen LogP contribution in [-0.4, -0.2) is 31.6 Å². The highest BCUT2D eigenvalue weighted by atomic mass is 35.5. The summed E-state index contributed by atoms with van der Waals surface area (Å²) in [4.78, 5) is 12.2. The Kier molecular flexibility index (Phi) is 7.30. The van der Waals surface area contributed by atoms with Gasteiger partial charge in [0.05, 0.1) is 0 Å².